The Morgan fingerprint density at radius 1 is 1.19 bits per heavy atom. The maximum atomic E-state index is 13.0. The fourth-order valence-electron chi connectivity index (χ4n) is 3.07. The highest BCUT2D eigenvalue weighted by atomic mass is 32.1. The van der Waals surface area contributed by atoms with Crippen molar-refractivity contribution in [2.45, 2.75) is 13.0 Å². The second-order valence-electron chi connectivity index (χ2n) is 6.05. The molecule has 0 fully saturated rings. The maximum Gasteiger partial charge on any atom is 0.328 e. The summed E-state index contributed by atoms with van der Waals surface area (Å²) >= 11 is 1.42. The quantitative estimate of drug-likeness (QED) is 0.515. The lowest BCUT2D eigenvalue weighted by atomic mass is 10.0. The number of carbonyl (C=O) groups excluding carboxylic acids is 1. The standard InChI is InChI=1S/C20H16N2O3S/c1-12(20(24)25-2)22-11-21-18-17(19(22)23)16(10-26-18)15-8-7-13-5-3-4-6-14(13)9-15/h3-12H,1-2H3. The summed E-state index contributed by atoms with van der Waals surface area (Å²) in [6.45, 7) is 1.63. The molecule has 0 aliphatic carbocycles. The van der Waals surface area contributed by atoms with Crippen LogP contribution < -0.4 is 5.56 Å². The molecule has 26 heavy (non-hydrogen) atoms. The number of aromatic nitrogens is 2. The van der Waals surface area contributed by atoms with Crippen molar-refractivity contribution in [3.63, 3.8) is 0 Å². The van der Waals surface area contributed by atoms with E-state index in [0.29, 0.717) is 10.2 Å². The van der Waals surface area contributed by atoms with Crippen LogP contribution in [0.5, 0.6) is 0 Å². The van der Waals surface area contributed by atoms with Crippen LogP contribution in [-0.2, 0) is 9.53 Å². The summed E-state index contributed by atoms with van der Waals surface area (Å²) in [5, 5.41) is 4.72. The van der Waals surface area contributed by atoms with E-state index in [1.54, 1.807) is 6.92 Å². The summed E-state index contributed by atoms with van der Waals surface area (Å²) in [7, 11) is 1.31. The Morgan fingerprint density at radius 2 is 1.96 bits per heavy atom. The van der Waals surface area contributed by atoms with Crippen molar-refractivity contribution in [3.8, 4) is 11.1 Å². The van der Waals surface area contributed by atoms with Crippen molar-refractivity contribution in [3.05, 3.63) is 64.5 Å². The first kappa shape index (κ1) is 16.5. The van der Waals surface area contributed by atoms with E-state index >= 15 is 0 Å². The Kier molecular flexibility index (Phi) is 4.05. The molecule has 0 spiro atoms. The van der Waals surface area contributed by atoms with Gasteiger partial charge in [-0.25, -0.2) is 9.78 Å². The fourth-order valence-corrected chi connectivity index (χ4v) is 3.98. The zero-order chi connectivity index (χ0) is 18.3. The van der Waals surface area contributed by atoms with Crippen molar-refractivity contribution < 1.29 is 9.53 Å². The van der Waals surface area contributed by atoms with Gasteiger partial charge in [0.1, 0.15) is 10.9 Å². The van der Waals surface area contributed by atoms with Crippen LogP contribution in [0.2, 0.25) is 0 Å². The molecule has 0 radical (unpaired) electrons. The largest absolute Gasteiger partial charge is 0.467 e. The van der Waals surface area contributed by atoms with Crippen LogP contribution in [0.3, 0.4) is 0 Å². The number of thiophene rings is 1. The van der Waals surface area contributed by atoms with E-state index in [9.17, 15) is 9.59 Å². The van der Waals surface area contributed by atoms with Crippen molar-refractivity contribution >= 4 is 38.3 Å². The average Bonchev–Trinajstić information content (AvgIpc) is 3.11. The van der Waals surface area contributed by atoms with E-state index in [2.05, 4.69) is 17.1 Å². The summed E-state index contributed by atoms with van der Waals surface area (Å²) in [6, 6.07) is 13.5. The summed E-state index contributed by atoms with van der Waals surface area (Å²) < 4.78 is 6.08. The van der Waals surface area contributed by atoms with Gasteiger partial charge in [-0.05, 0) is 29.3 Å². The van der Waals surface area contributed by atoms with Gasteiger partial charge in [0.25, 0.3) is 5.56 Å². The molecule has 6 heteroatoms. The molecule has 0 saturated heterocycles. The first-order chi connectivity index (χ1) is 12.6. The van der Waals surface area contributed by atoms with Gasteiger partial charge in [0.15, 0.2) is 0 Å². The molecule has 5 nitrogen and oxygen atoms in total. The van der Waals surface area contributed by atoms with E-state index in [1.165, 1.54) is 29.3 Å². The molecule has 0 amide bonds. The number of fused-ring (bicyclic) bond motifs is 2. The molecule has 0 saturated carbocycles. The van der Waals surface area contributed by atoms with Gasteiger partial charge in [-0.3, -0.25) is 9.36 Å². The number of ether oxygens (including phenoxy) is 1. The zero-order valence-corrected chi connectivity index (χ0v) is 15.1. The van der Waals surface area contributed by atoms with E-state index in [1.807, 2.05) is 35.7 Å². The van der Waals surface area contributed by atoms with Crippen LogP contribution in [0.1, 0.15) is 13.0 Å². The Labute approximate surface area is 153 Å². The van der Waals surface area contributed by atoms with Crippen LogP contribution in [0, 0.1) is 0 Å². The highest BCUT2D eigenvalue weighted by Gasteiger charge is 2.20. The van der Waals surface area contributed by atoms with Gasteiger partial charge in [-0.15, -0.1) is 11.3 Å². The molecule has 1 unspecified atom stereocenters. The van der Waals surface area contributed by atoms with Crippen LogP contribution in [-0.4, -0.2) is 22.6 Å². The van der Waals surface area contributed by atoms with Crippen LogP contribution in [0.4, 0.5) is 0 Å². The average molecular weight is 364 g/mol. The van der Waals surface area contributed by atoms with Gasteiger partial charge < -0.3 is 4.74 Å². The minimum absolute atomic E-state index is 0.239. The van der Waals surface area contributed by atoms with Gasteiger partial charge in [-0.1, -0.05) is 36.4 Å². The van der Waals surface area contributed by atoms with Crippen LogP contribution in [0.15, 0.2) is 59.0 Å². The van der Waals surface area contributed by atoms with E-state index in [4.69, 9.17) is 4.74 Å². The number of benzene rings is 2. The van der Waals surface area contributed by atoms with Gasteiger partial charge in [0.05, 0.1) is 18.8 Å². The molecule has 4 rings (SSSR count). The molecular weight excluding hydrogens is 348 g/mol. The third-order valence-corrected chi connectivity index (χ3v) is 5.43. The Bertz CT molecular complexity index is 1190. The van der Waals surface area contributed by atoms with Gasteiger partial charge >= 0.3 is 5.97 Å². The van der Waals surface area contributed by atoms with Crippen molar-refractivity contribution in [1.82, 2.24) is 9.55 Å². The Morgan fingerprint density at radius 3 is 2.73 bits per heavy atom. The lowest BCUT2D eigenvalue weighted by molar-refractivity contribution is -0.144. The van der Waals surface area contributed by atoms with E-state index < -0.39 is 12.0 Å². The second-order valence-corrected chi connectivity index (χ2v) is 6.91. The SMILES string of the molecule is COC(=O)C(C)n1cnc2scc(-c3ccc4ccccc4c3)c2c1=O. The maximum absolute atomic E-state index is 13.0. The van der Waals surface area contributed by atoms with Crippen molar-refractivity contribution in [1.29, 1.82) is 0 Å². The smallest absolute Gasteiger partial charge is 0.328 e. The number of hydrogen-bond acceptors (Lipinski definition) is 5. The normalized spacial score (nSPS) is 12.4. The number of nitrogens with zero attached hydrogens (tertiary/aromatic N) is 2. The topological polar surface area (TPSA) is 61.2 Å². The van der Waals surface area contributed by atoms with Crippen molar-refractivity contribution in [2.75, 3.05) is 7.11 Å². The lowest BCUT2D eigenvalue weighted by Crippen LogP contribution is -2.29. The molecular formula is C20H16N2O3S. The summed E-state index contributed by atoms with van der Waals surface area (Å²) in [6.07, 6.45) is 1.41. The number of esters is 1. The molecule has 2 aromatic carbocycles. The Balaban J connectivity index is 1.92. The third kappa shape index (κ3) is 2.59. The number of methoxy groups -OCH3 is 1. The minimum atomic E-state index is -0.728. The predicted molar refractivity (Wildman–Crippen MR) is 104 cm³/mol. The monoisotopic (exact) mass is 364 g/mol. The molecule has 0 bridgehead atoms. The third-order valence-electron chi connectivity index (χ3n) is 4.54. The fraction of sp³-hybridized carbons (Fsp3) is 0.150. The highest BCUT2D eigenvalue weighted by molar-refractivity contribution is 7.17. The van der Waals surface area contributed by atoms with Crippen LogP contribution in [0.25, 0.3) is 32.1 Å². The van der Waals surface area contributed by atoms with E-state index in [0.717, 1.165) is 21.9 Å². The van der Waals surface area contributed by atoms with E-state index in [-0.39, 0.29) is 5.56 Å². The number of carbonyl (C=O) groups is 1. The van der Waals surface area contributed by atoms with Crippen molar-refractivity contribution in [2.24, 2.45) is 0 Å². The number of rotatable bonds is 3. The molecule has 0 aliphatic rings. The summed E-state index contributed by atoms with van der Waals surface area (Å²) in [5.41, 5.74) is 1.55. The summed E-state index contributed by atoms with van der Waals surface area (Å²) in [4.78, 5) is 29.9. The molecule has 2 heterocycles. The first-order valence-electron chi connectivity index (χ1n) is 8.15. The Hall–Kier alpha value is -2.99. The lowest BCUT2D eigenvalue weighted by Gasteiger charge is -2.12. The summed E-state index contributed by atoms with van der Waals surface area (Å²) in [5.74, 6) is -0.476. The molecule has 130 valence electrons. The van der Waals surface area contributed by atoms with Gasteiger partial charge in [-0.2, -0.15) is 0 Å². The van der Waals surface area contributed by atoms with Crippen LogP contribution >= 0.6 is 11.3 Å². The predicted octanol–water partition coefficient (Wildman–Crippen LogP) is 4.01. The van der Waals surface area contributed by atoms with Gasteiger partial charge in [0.2, 0.25) is 0 Å². The first-order valence-corrected chi connectivity index (χ1v) is 9.03. The molecule has 2 aromatic heterocycles. The molecule has 1 atom stereocenters. The molecule has 0 N–H and O–H groups in total. The number of hydrogen-bond donors (Lipinski definition) is 0. The minimum Gasteiger partial charge on any atom is -0.467 e. The molecule has 4 aromatic rings. The molecule has 0 aliphatic heterocycles. The second kappa shape index (κ2) is 6.38. The highest BCUT2D eigenvalue weighted by Crippen LogP contribution is 2.32. The zero-order valence-electron chi connectivity index (χ0n) is 14.3. The van der Waals surface area contributed by atoms with Gasteiger partial charge in [0, 0.05) is 10.9 Å².